The fraction of sp³-hybridized carbons (Fsp3) is 0.400. The van der Waals surface area contributed by atoms with Crippen LogP contribution in [0.2, 0.25) is 0 Å². The Hall–Kier alpha value is -2.36. The molecule has 0 radical (unpaired) electrons. The van der Waals surface area contributed by atoms with E-state index in [2.05, 4.69) is 57.6 Å². The van der Waals surface area contributed by atoms with E-state index >= 15 is 0 Å². The van der Waals surface area contributed by atoms with Gasteiger partial charge in [-0.15, -0.1) is 0 Å². The third kappa shape index (κ3) is 4.13. The molecule has 0 aliphatic rings. The van der Waals surface area contributed by atoms with Gasteiger partial charge in [-0.05, 0) is 12.0 Å². The first kappa shape index (κ1) is 16.5. The van der Waals surface area contributed by atoms with Gasteiger partial charge in [0.05, 0.1) is 12.2 Å². The van der Waals surface area contributed by atoms with Crippen molar-refractivity contribution in [3.05, 3.63) is 72.8 Å². The molecule has 0 N–H and O–H groups in total. The molecule has 1 unspecified atom stereocenters. The molecule has 0 amide bonds. The Morgan fingerprint density at radius 3 is 2.62 bits per heavy atom. The van der Waals surface area contributed by atoms with Crippen LogP contribution in [-0.2, 0) is 13.1 Å². The second-order valence-electron chi connectivity index (χ2n) is 6.26. The molecule has 0 bridgehead atoms. The van der Waals surface area contributed by atoms with E-state index in [1.165, 1.54) is 31.2 Å². The van der Waals surface area contributed by atoms with E-state index < -0.39 is 0 Å². The predicted molar refractivity (Wildman–Crippen MR) is 96.9 cm³/mol. The van der Waals surface area contributed by atoms with Crippen LogP contribution in [-0.4, -0.2) is 19.1 Å². The first-order valence-electron chi connectivity index (χ1n) is 8.90. The summed E-state index contributed by atoms with van der Waals surface area (Å²) in [5, 5.41) is 0. The van der Waals surface area contributed by atoms with Crippen LogP contribution in [0.4, 0.5) is 0 Å². The molecule has 3 rings (SSSR count). The molecule has 0 fully saturated rings. The summed E-state index contributed by atoms with van der Waals surface area (Å²) in [6, 6.07) is 10.7. The van der Waals surface area contributed by atoms with Gasteiger partial charge in [0.1, 0.15) is 5.82 Å². The Morgan fingerprint density at radius 1 is 1.00 bits per heavy atom. The second kappa shape index (κ2) is 8.48. The molecule has 0 saturated carbocycles. The largest absolute Gasteiger partial charge is 0.336 e. The summed E-state index contributed by atoms with van der Waals surface area (Å²) in [4.78, 5) is 8.88. The summed E-state index contributed by atoms with van der Waals surface area (Å²) >= 11 is 0. The van der Waals surface area contributed by atoms with Crippen molar-refractivity contribution in [3.8, 4) is 0 Å². The van der Waals surface area contributed by atoms with E-state index in [1.54, 1.807) is 0 Å². The van der Waals surface area contributed by atoms with E-state index in [4.69, 9.17) is 4.98 Å². The summed E-state index contributed by atoms with van der Waals surface area (Å²) in [5.74, 6) is 1.38. The van der Waals surface area contributed by atoms with E-state index in [9.17, 15) is 0 Å². The minimum atomic E-state index is 0.238. The predicted octanol–water partition coefficient (Wildman–Crippen LogP) is 4.49. The lowest BCUT2D eigenvalue weighted by Crippen LogP contribution is -2.15. The maximum atomic E-state index is 4.70. The Balaban J connectivity index is 1.82. The highest BCUT2D eigenvalue weighted by atomic mass is 15.1. The quantitative estimate of drug-likeness (QED) is 0.544. The summed E-state index contributed by atoms with van der Waals surface area (Å²) < 4.78 is 4.46. The number of aryl methyl sites for hydroxylation is 1. The molecule has 2 aromatic heterocycles. The zero-order valence-corrected chi connectivity index (χ0v) is 14.4. The maximum absolute atomic E-state index is 4.70. The summed E-state index contributed by atoms with van der Waals surface area (Å²) in [7, 11) is 0. The fourth-order valence-corrected chi connectivity index (χ4v) is 3.16. The molecule has 2 heterocycles. The highest BCUT2D eigenvalue weighted by Gasteiger charge is 2.19. The monoisotopic (exact) mass is 322 g/mol. The van der Waals surface area contributed by atoms with Crippen LogP contribution >= 0.6 is 0 Å². The summed E-state index contributed by atoms with van der Waals surface area (Å²) in [5.41, 5.74) is 1.30. The molecule has 24 heavy (non-hydrogen) atoms. The van der Waals surface area contributed by atoms with Crippen molar-refractivity contribution in [3.63, 3.8) is 0 Å². The molecule has 0 saturated heterocycles. The SMILES string of the molecule is CCCCCCn1ccnc1C(Cn1ccnc1)c1ccccc1. The minimum absolute atomic E-state index is 0.238. The van der Waals surface area contributed by atoms with Gasteiger partial charge in [-0.25, -0.2) is 9.97 Å². The van der Waals surface area contributed by atoms with Crippen molar-refractivity contribution in [2.45, 2.75) is 51.6 Å². The van der Waals surface area contributed by atoms with E-state index in [0.29, 0.717) is 0 Å². The molecule has 4 nitrogen and oxygen atoms in total. The van der Waals surface area contributed by atoms with Crippen LogP contribution in [0.1, 0.15) is 49.9 Å². The zero-order chi connectivity index (χ0) is 16.6. The van der Waals surface area contributed by atoms with Gasteiger partial charge in [-0.1, -0.05) is 56.5 Å². The topological polar surface area (TPSA) is 35.6 Å². The lowest BCUT2D eigenvalue weighted by atomic mass is 9.98. The van der Waals surface area contributed by atoms with Crippen LogP contribution in [0.3, 0.4) is 0 Å². The Kier molecular flexibility index (Phi) is 5.83. The molecule has 0 spiro atoms. The first-order chi connectivity index (χ1) is 11.9. The van der Waals surface area contributed by atoms with Crippen LogP contribution in [0.15, 0.2) is 61.4 Å². The Bertz CT molecular complexity index is 700. The number of rotatable bonds is 9. The van der Waals surface area contributed by atoms with Gasteiger partial charge in [0.2, 0.25) is 0 Å². The van der Waals surface area contributed by atoms with Gasteiger partial charge >= 0.3 is 0 Å². The summed E-state index contributed by atoms with van der Waals surface area (Å²) in [6.45, 7) is 4.15. The maximum Gasteiger partial charge on any atom is 0.118 e. The van der Waals surface area contributed by atoms with Crippen molar-refractivity contribution in [1.82, 2.24) is 19.1 Å². The fourth-order valence-electron chi connectivity index (χ4n) is 3.16. The van der Waals surface area contributed by atoms with Crippen LogP contribution in [0.5, 0.6) is 0 Å². The van der Waals surface area contributed by atoms with E-state index in [0.717, 1.165) is 18.9 Å². The first-order valence-corrected chi connectivity index (χ1v) is 8.90. The number of hydrogen-bond acceptors (Lipinski definition) is 2. The van der Waals surface area contributed by atoms with Crippen molar-refractivity contribution in [1.29, 1.82) is 0 Å². The second-order valence-corrected chi connectivity index (χ2v) is 6.26. The van der Waals surface area contributed by atoms with Gasteiger partial charge in [-0.2, -0.15) is 0 Å². The van der Waals surface area contributed by atoms with Crippen LogP contribution in [0.25, 0.3) is 0 Å². The van der Waals surface area contributed by atoms with Gasteiger partial charge < -0.3 is 9.13 Å². The number of nitrogens with zero attached hydrogens (tertiary/aromatic N) is 4. The molecule has 1 atom stereocenters. The highest BCUT2D eigenvalue weighted by molar-refractivity contribution is 5.26. The lowest BCUT2D eigenvalue weighted by molar-refractivity contribution is 0.524. The number of hydrogen-bond donors (Lipinski definition) is 0. The van der Waals surface area contributed by atoms with Crippen molar-refractivity contribution in [2.75, 3.05) is 0 Å². The van der Waals surface area contributed by atoms with Crippen molar-refractivity contribution >= 4 is 0 Å². The molecular weight excluding hydrogens is 296 g/mol. The molecule has 126 valence electrons. The average molecular weight is 322 g/mol. The van der Waals surface area contributed by atoms with Gasteiger partial charge in [0, 0.05) is 37.9 Å². The minimum Gasteiger partial charge on any atom is -0.336 e. The third-order valence-electron chi connectivity index (χ3n) is 4.47. The van der Waals surface area contributed by atoms with Gasteiger partial charge in [-0.3, -0.25) is 0 Å². The van der Waals surface area contributed by atoms with Gasteiger partial charge in [0.15, 0.2) is 0 Å². The molecular formula is C20H26N4. The lowest BCUT2D eigenvalue weighted by Gasteiger charge is -2.19. The zero-order valence-electron chi connectivity index (χ0n) is 14.4. The van der Waals surface area contributed by atoms with Crippen molar-refractivity contribution < 1.29 is 0 Å². The standard InChI is InChI=1S/C20H26N4/c1-2-3-4-8-13-24-15-12-22-20(24)19(16-23-14-11-21-17-23)18-9-6-5-7-10-18/h5-7,9-12,14-15,17,19H,2-4,8,13,16H2,1H3. The smallest absolute Gasteiger partial charge is 0.118 e. The molecule has 0 aliphatic heterocycles. The highest BCUT2D eigenvalue weighted by Crippen LogP contribution is 2.25. The molecule has 0 aliphatic carbocycles. The van der Waals surface area contributed by atoms with Crippen LogP contribution < -0.4 is 0 Å². The number of aromatic nitrogens is 4. The summed E-state index contributed by atoms with van der Waals surface area (Å²) in [6.07, 6.45) is 14.8. The molecule has 4 heteroatoms. The number of unbranched alkanes of at least 4 members (excludes halogenated alkanes) is 3. The van der Waals surface area contributed by atoms with Gasteiger partial charge in [0.25, 0.3) is 0 Å². The van der Waals surface area contributed by atoms with E-state index in [-0.39, 0.29) is 5.92 Å². The third-order valence-corrected chi connectivity index (χ3v) is 4.47. The van der Waals surface area contributed by atoms with Crippen LogP contribution in [0, 0.1) is 0 Å². The number of benzene rings is 1. The molecule has 3 aromatic rings. The van der Waals surface area contributed by atoms with E-state index in [1.807, 2.05) is 24.9 Å². The Labute approximate surface area is 144 Å². The average Bonchev–Trinajstić information content (AvgIpc) is 3.29. The Morgan fingerprint density at radius 2 is 1.88 bits per heavy atom. The number of imidazole rings is 2. The van der Waals surface area contributed by atoms with Crippen molar-refractivity contribution in [2.24, 2.45) is 0 Å². The normalized spacial score (nSPS) is 12.4. The molecule has 1 aromatic carbocycles.